The SMILES string of the molecule is CCc1ccccc1OCC(=O)Nc1cc(S(=O)(=O)N2CCOCC2)ccc1OC(C)C. The van der Waals surface area contributed by atoms with Crippen molar-refractivity contribution < 1.29 is 27.4 Å². The molecule has 0 bridgehead atoms. The van der Waals surface area contributed by atoms with Gasteiger partial charge in [-0.05, 0) is 50.1 Å². The van der Waals surface area contributed by atoms with Crippen LogP contribution >= 0.6 is 0 Å². The van der Waals surface area contributed by atoms with Crippen molar-refractivity contribution in [2.24, 2.45) is 0 Å². The number of rotatable bonds is 9. The van der Waals surface area contributed by atoms with E-state index in [0.717, 1.165) is 12.0 Å². The molecule has 1 heterocycles. The Kier molecular flexibility index (Phi) is 8.11. The lowest BCUT2D eigenvalue weighted by atomic mass is 10.1. The Labute approximate surface area is 189 Å². The number of benzene rings is 2. The Morgan fingerprint density at radius 3 is 2.53 bits per heavy atom. The number of carbonyl (C=O) groups is 1. The average Bonchev–Trinajstić information content (AvgIpc) is 2.79. The van der Waals surface area contributed by atoms with Crippen molar-refractivity contribution in [3.63, 3.8) is 0 Å². The van der Waals surface area contributed by atoms with Crippen LogP contribution in [0.15, 0.2) is 47.4 Å². The zero-order valence-electron chi connectivity index (χ0n) is 18.7. The lowest BCUT2D eigenvalue weighted by Gasteiger charge is -2.26. The Bertz CT molecular complexity index is 1030. The quantitative estimate of drug-likeness (QED) is 0.616. The molecule has 174 valence electrons. The molecule has 9 heteroatoms. The molecule has 1 amide bonds. The minimum absolute atomic E-state index is 0.0862. The number of para-hydroxylation sites is 1. The molecule has 0 spiro atoms. The number of nitrogens with zero attached hydrogens (tertiary/aromatic N) is 1. The van der Waals surface area contributed by atoms with Gasteiger partial charge in [0.05, 0.1) is 29.9 Å². The number of hydrogen-bond acceptors (Lipinski definition) is 6. The van der Waals surface area contributed by atoms with Crippen molar-refractivity contribution >= 4 is 21.6 Å². The van der Waals surface area contributed by atoms with Crippen molar-refractivity contribution in [1.29, 1.82) is 0 Å². The van der Waals surface area contributed by atoms with Gasteiger partial charge in [0, 0.05) is 13.1 Å². The summed E-state index contributed by atoms with van der Waals surface area (Å²) in [7, 11) is -3.71. The predicted molar refractivity (Wildman–Crippen MR) is 122 cm³/mol. The van der Waals surface area contributed by atoms with Crippen LogP contribution in [0.2, 0.25) is 0 Å². The Morgan fingerprint density at radius 2 is 1.84 bits per heavy atom. The van der Waals surface area contributed by atoms with E-state index < -0.39 is 15.9 Å². The van der Waals surface area contributed by atoms with Gasteiger partial charge in [0.1, 0.15) is 11.5 Å². The number of carbonyl (C=O) groups excluding carboxylic acids is 1. The van der Waals surface area contributed by atoms with Crippen molar-refractivity contribution in [3.8, 4) is 11.5 Å². The number of hydrogen-bond donors (Lipinski definition) is 1. The molecule has 1 aliphatic heterocycles. The Hall–Kier alpha value is -2.62. The summed E-state index contributed by atoms with van der Waals surface area (Å²) in [6.07, 6.45) is 0.631. The van der Waals surface area contributed by atoms with Gasteiger partial charge in [-0.1, -0.05) is 25.1 Å². The number of sulfonamides is 1. The number of amides is 1. The van der Waals surface area contributed by atoms with E-state index in [1.54, 1.807) is 6.07 Å². The van der Waals surface area contributed by atoms with E-state index in [4.69, 9.17) is 14.2 Å². The second kappa shape index (κ2) is 10.8. The molecule has 0 atom stereocenters. The van der Waals surface area contributed by atoms with Crippen molar-refractivity contribution in [2.75, 3.05) is 38.2 Å². The predicted octanol–water partition coefficient (Wildman–Crippen LogP) is 3.07. The number of morpholine rings is 1. The van der Waals surface area contributed by atoms with Gasteiger partial charge in [0.15, 0.2) is 6.61 Å². The summed E-state index contributed by atoms with van der Waals surface area (Å²) in [5.74, 6) is 0.626. The van der Waals surface area contributed by atoms with Crippen LogP contribution in [0.25, 0.3) is 0 Å². The first-order valence-corrected chi connectivity index (χ1v) is 12.1. The monoisotopic (exact) mass is 462 g/mol. The highest BCUT2D eigenvalue weighted by Gasteiger charge is 2.27. The molecule has 1 saturated heterocycles. The van der Waals surface area contributed by atoms with Gasteiger partial charge in [0.2, 0.25) is 10.0 Å². The highest BCUT2D eigenvalue weighted by atomic mass is 32.2. The fraction of sp³-hybridized carbons (Fsp3) is 0.435. The Morgan fingerprint density at radius 1 is 1.12 bits per heavy atom. The van der Waals surface area contributed by atoms with Gasteiger partial charge in [-0.2, -0.15) is 4.31 Å². The third-order valence-corrected chi connectivity index (χ3v) is 6.80. The van der Waals surface area contributed by atoms with E-state index >= 15 is 0 Å². The molecule has 2 aromatic rings. The van der Waals surface area contributed by atoms with Crippen LogP contribution in [-0.4, -0.2) is 57.6 Å². The minimum Gasteiger partial charge on any atom is -0.489 e. The second-order valence-electron chi connectivity index (χ2n) is 7.64. The highest BCUT2D eigenvalue weighted by molar-refractivity contribution is 7.89. The van der Waals surface area contributed by atoms with Gasteiger partial charge < -0.3 is 19.5 Å². The molecule has 0 saturated carbocycles. The Balaban J connectivity index is 1.79. The summed E-state index contributed by atoms with van der Waals surface area (Å²) in [5.41, 5.74) is 1.29. The van der Waals surface area contributed by atoms with Crippen LogP contribution in [0.3, 0.4) is 0 Å². The summed E-state index contributed by atoms with van der Waals surface area (Å²) >= 11 is 0. The van der Waals surface area contributed by atoms with Gasteiger partial charge >= 0.3 is 0 Å². The molecular weight excluding hydrogens is 432 g/mol. The topological polar surface area (TPSA) is 94.2 Å². The lowest BCUT2D eigenvalue weighted by Crippen LogP contribution is -2.40. The largest absolute Gasteiger partial charge is 0.489 e. The van der Waals surface area contributed by atoms with Crippen LogP contribution in [0.5, 0.6) is 11.5 Å². The molecule has 0 aliphatic carbocycles. The van der Waals surface area contributed by atoms with E-state index in [1.807, 2.05) is 45.0 Å². The minimum atomic E-state index is -3.71. The maximum atomic E-state index is 13.0. The first-order valence-electron chi connectivity index (χ1n) is 10.7. The third-order valence-electron chi connectivity index (χ3n) is 4.91. The highest BCUT2D eigenvalue weighted by Crippen LogP contribution is 2.30. The number of aryl methyl sites for hydroxylation is 1. The summed E-state index contributed by atoms with van der Waals surface area (Å²) in [6.45, 7) is 6.81. The summed E-state index contributed by atoms with van der Waals surface area (Å²) in [5, 5.41) is 2.74. The third kappa shape index (κ3) is 5.99. The van der Waals surface area contributed by atoms with Crippen LogP contribution in [-0.2, 0) is 26.0 Å². The van der Waals surface area contributed by atoms with Gasteiger partial charge in [-0.25, -0.2) is 8.42 Å². The van der Waals surface area contributed by atoms with Gasteiger partial charge in [0.25, 0.3) is 5.91 Å². The summed E-state index contributed by atoms with van der Waals surface area (Å²) < 4.78 is 44.2. The van der Waals surface area contributed by atoms with Gasteiger partial charge in [-0.3, -0.25) is 4.79 Å². The van der Waals surface area contributed by atoms with Crippen molar-refractivity contribution in [3.05, 3.63) is 48.0 Å². The van der Waals surface area contributed by atoms with Crippen LogP contribution in [0.1, 0.15) is 26.3 Å². The van der Waals surface area contributed by atoms with Crippen LogP contribution in [0.4, 0.5) is 5.69 Å². The maximum Gasteiger partial charge on any atom is 0.262 e. The van der Waals surface area contributed by atoms with E-state index in [2.05, 4.69) is 5.32 Å². The number of anilines is 1. The molecule has 1 aliphatic rings. The van der Waals surface area contributed by atoms with E-state index in [1.165, 1.54) is 16.4 Å². The van der Waals surface area contributed by atoms with E-state index in [0.29, 0.717) is 37.8 Å². The number of nitrogens with one attached hydrogen (secondary N) is 1. The van der Waals surface area contributed by atoms with Crippen LogP contribution < -0.4 is 14.8 Å². The van der Waals surface area contributed by atoms with Crippen LogP contribution in [0, 0.1) is 0 Å². The molecule has 1 fully saturated rings. The second-order valence-corrected chi connectivity index (χ2v) is 9.58. The summed E-state index contributed by atoms with van der Waals surface area (Å²) in [6, 6.07) is 12.0. The zero-order chi connectivity index (χ0) is 23.1. The molecule has 0 radical (unpaired) electrons. The average molecular weight is 463 g/mol. The molecule has 8 nitrogen and oxygen atoms in total. The molecule has 2 aromatic carbocycles. The first-order chi connectivity index (χ1) is 15.3. The molecule has 0 aromatic heterocycles. The molecule has 0 unspecified atom stereocenters. The fourth-order valence-corrected chi connectivity index (χ4v) is 4.76. The molecular formula is C23H30N2O6S. The molecule has 1 N–H and O–H groups in total. The first kappa shape index (κ1) is 24.0. The fourth-order valence-electron chi connectivity index (χ4n) is 3.33. The molecule has 3 rings (SSSR count). The summed E-state index contributed by atoms with van der Waals surface area (Å²) in [4.78, 5) is 12.7. The van der Waals surface area contributed by atoms with Crippen molar-refractivity contribution in [1.82, 2.24) is 4.31 Å². The van der Waals surface area contributed by atoms with Crippen molar-refractivity contribution in [2.45, 2.75) is 38.2 Å². The zero-order valence-corrected chi connectivity index (χ0v) is 19.5. The standard InChI is InChI=1S/C23H30N2O6S/c1-4-18-7-5-6-8-21(18)30-16-23(26)24-20-15-19(9-10-22(20)31-17(2)3)32(27,28)25-11-13-29-14-12-25/h5-10,15,17H,4,11-14,16H2,1-3H3,(H,24,26). The van der Waals surface area contributed by atoms with Gasteiger partial charge in [-0.15, -0.1) is 0 Å². The van der Waals surface area contributed by atoms with E-state index in [9.17, 15) is 13.2 Å². The normalized spacial score (nSPS) is 14.9. The molecule has 32 heavy (non-hydrogen) atoms. The number of ether oxygens (including phenoxy) is 3. The van der Waals surface area contributed by atoms with E-state index in [-0.39, 0.29) is 23.3 Å². The smallest absolute Gasteiger partial charge is 0.262 e. The maximum absolute atomic E-state index is 13.0. The lowest BCUT2D eigenvalue weighted by molar-refractivity contribution is -0.118.